The predicted octanol–water partition coefficient (Wildman–Crippen LogP) is 2.88. The third-order valence-electron chi connectivity index (χ3n) is 2.95. The van der Waals surface area contributed by atoms with Crippen LogP contribution in [0.1, 0.15) is 23.8 Å². The molecule has 0 aliphatic heterocycles. The molecule has 114 valence electrons. The molecule has 0 saturated carbocycles. The molecule has 0 atom stereocenters. The number of anilines is 1. The highest BCUT2D eigenvalue weighted by atomic mass is 16.1. The minimum Gasteiger partial charge on any atom is -0.366 e. The van der Waals surface area contributed by atoms with Crippen molar-refractivity contribution in [2.75, 3.05) is 18.4 Å². The summed E-state index contributed by atoms with van der Waals surface area (Å²) < 4.78 is 0. The van der Waals surface area contributed by atoms with E-state index in [-0.39, 0.29) is 5.91 Å². The van der Waals surface area contributed by atoms with Gasteiger partial charge in [0.05, 0.1) is 0 Å². The Bertz CT molecular complexity index is 640. The standard InChI is InChI=1S/C17H20N4O/c1-3-10-18-15-12-14(17(22)19-11-4-2)20-16(21-15)13-8-6-5-7-9-13/h3,5-9,12H,1,4,10-11H2,2H3,(H,19,22)(H,18,20,21). The average Bonchev–Trinajstić information content (AvgIpc) is 2.58. The maximum Gasteiger partial charge on any atom is 0.270 e. The number of hydrogen-bond acceptors (Lipinski definition) is 4. The zero-order valence-electron chi connectivity index (χ0n) is 12.7. The summed E-state index contributed by atoms with van der Waals surface area (Å²) >= 11 is 0. The van der Waals surface area contributed by atoms with Crippen LogP contribution in [-0.4, -0.2) is 29.0 Å². The number of nitrogens with one attached hydrogen (secondary N) is 2. The van der Waals surface area contributed by atoms with Crippen LogP contribution in [0.5, 0.6) is 0 Å². The maximum absolute atomic E-state index is 12.2. The van der Waals surface area contributed by atoms with E-state index < -0.39 is 0 Å². The molecule has 1 amide bonds. The summed E-state index contributed by atoms with van der Waals surface area (Å²) in [6.07, 6.45) is 2.62. The van der Waals surface area contributed by atoms with Gasteiger partial charge in [-0.2, -0.15) is 0 Å². The first-order valence-corrected chi connectivity index (χ1v) is 7.32. The van der Waals surface area contributed by atoms with Crippen molar-refractivity contribution in [1.29, 1.82) is 0 Å². The normalized spacial score (nSPS) is 10.0. The molecule has 0 aliphatic rings. The lowest BCUT2D eigenvalue weighted by Gasteiger charge is -2.09. The molecular formula is C17H20N4O. The molecule has 5 nitrogen and oxygen atoms in total. The summed E-state index contributed by atoms with van der Waals surface area (Å²) in [5.74, 6) is 0.940. The number of benzene rings is 1. The topological polar surface area (TPSA) is 66.9 Å². The number of carbonyl (C=O) groups excluding carboxylic acids is 1. The molecule has 1 aromatic carbocycles. The molecular weight excluding hydrogens is 276 g/mol. The van der Waals surface area contributed by atoms with Gasteiger partial charge in [0.1, 0.15) is 11.5 Å². The first kappa shape index (κ1) is 15.7. The molecule has 0 saturated heterocycles. The number of nitrogens with zero attached hydrogens (tertiary/aromatic N) is 2. The van der Waals surface area contributed by atoms with Crippen LogP contribution < -0.4 is 10.6 Å². The van der Waals surface area contributed by atoms with Crippen LogP contribution in [0.4, 0.5) is 5.82 Å². The Labute approximate surface area is 130 Å². The van der Waals surface area contributed by atoms with Crippen LogP contribution in [0.2, 0.25) is 0 Å². The van der Waals surface area contributed by atoms with E-state index >= 15 is 0 Å². The molecule has 0 spiro atoms. The van der Waals surface area contributed by atoms with Gasteiger partial charge < -0.3 is 10.6 Å². The van der Waals surface area contributed by atoms with Gasteiger partial charge in [0.2, 0.25) is 0 Å². The van der Waals surface area contributed by atoms with Crippen molar-refractivity contribution in [3.63, 3.8) is 0 Å². The summed E-state index contributed by atoms with van der Waals surface area (Å²) in [5.41, 5.74) is 1.23. The molecule has 0 radical (unpaired) electrons. The summed E-state index contributed by atoms with van der Waals surface area (Å²) in [7, 11) is 0. The second-order valence-corrected chi connectivity index (χ2v) is 4.75. The lowest BCUT2D eigenvalue weighted by Crippen LogP contribution is -2.25. The van der Waals surface area contributed by atoms with Gasteiger partial charge >= 0.3 is 0 Å². The number of hydrogen-bond donors (Lipinski definition) is 2. The first-order valence-electron chi connectivity index (χ1n) is 7.32. The molecule has 0 bridgehead atoms. The third-order valence-corrected chi connectivity index (χ3v) is 2.95. The summed E-state index contributed by atoms with van der Waals surface area (Å²) in [5, 5.41) is 5.94. The van der Waals surface area contributed by atoms with E-state index in [1.54, 1.807) is 12.1 Å². The van der Waals surface area contributed by atoms with E-state index in [0.717, 1.165) is 12.0 Å². The van der Waals surface area contributed by atoms with Crippen molar-refractivity contribution in [3.05, 3.63) is 54.7 Å². The fraction of sp³-hybridized carbons (Fsp3) is 0.235. The fourth-order valence-corrected chi connectivity index (χ4v) is 1.88. The van der Waals surface area contributed by atoms with Gasteiger partial charge in [0.25, 0.3) is 5.91 Å². The molecule has 1 aromatic heterocycles. The Morgan fingerprint density at radius 3 is 2.73 bits per heavy atom. The second-order valence-electron chi connectivity index (χ2n) is 4.75. The van der Waals surface area contributed by atoms with Gasteiger partial charge in [0.15, 0.2) is 5.82 Å². The van der Waals surface area contributed by atoms with Crippen LogP contribution >= 0.6 is 0 Å². The van der Waals surface area contributed by atoms with Gasteiger partial charge in [-0.3, -0.25) is 4.79 Å². The Kier molecular flexibility index (Phi) is 5.65. The quantitative estimate of drug-likeness (QED) is 0.771. The van der Waals surface area contributed by atoms with Gasteiger partial charge in [-0.1, -0.05) is 43.3 Å². The average molecular weight is 296 g/mol. The lowest BCUT2D eigenvalue weighted by atomic mass is 10.2. The molecule has 2 aromatic rings. The number of rotatable bonds is 7. The number of aromatic nitrogens is 2. The summed E-state index contributed by atoms with van der Waals surface area (Å²) in [6.45, 7) is 6.87. The van der Waals surface area contributed by atoms with E-state index in [2.05, 4.69) is 27.2 Å². The Balaban J connectivity index is 2.36. The van der Waals surface area contributed by atoms with Gasteiger partial charge in [-0.05, 0) is 6.42 Å². The largest absolute Gasteiger partial charge is 0.366 e. The molecule has 0 aliphatic carbocycles. The highest BCUT2D eigenvalue weighted by molar-refractivity contribution is 5.93. The van der Waals surface area contributed by atoms with E-state index in [1.165, 1.54) is 0 Å². The van der Waals surface area contributed by atoms with Crippen molar-refractivity contribution in [1.82, 2.24) is 15.3 Å². The fourth-order valence-electron chi connectivity index (χ4n) is 1.88. The van der Waals surface area contributed by atoms with E-state index in [9.17, 15) is 4.79 Å². The molecule has 5 heteroatoms. The molecule has 2 rings (SSSR count). The van der Waals surface area contributed by atoms with E-state index in [0.29, 0.717) is 30.4 Å². The number of amides is 1. The van der Waals surface area contributed by atoms with Crippen LogP contribution in [0.3, 0.4) is 0 Å². The first-order chi connectivity index (χ1) is 10.7. The van der Waals surface area contributed by atoms with Crippen molar-refractivity contribution in [3.8, 4) is 11.4 Å². The smallest absolute Gasteiger partial charge is 0.270 e. The van der Waals surface area contributed by atoms with Crippen LogP contribution in [0, 0.1) is 0 Å². The molecule has 2 N–H and O–H groups in total. The Hall–Kier alpha value is -2.69. The van der Waals surface area contributed by atoms with Crippen molar-refractivity contribution < 1.29 is 4.79 Å². The lowest BCUT2D eigenvalue weighted by molar-refractivity contribution is 0.0948. The minimum absolute atomic E-state index is 0.192. The minimum atomic E-state index is -0.192. The van der Waals surface area contributed by atoms with Crippen LogP contribution in [0.15, 0.2) is 49.1 Å². The molecule has 1 heterocycles. The van der Waals surface area contributed by atoms with E-state index in [1.807, 2.05) is 37.3 Å². The second kappa shape index (κ2) is 7.93. The van der Waals surface area contributed by atoms with Gasteiger partial charge in [0, 0.05) is 24.7 Å². The monoisotopic (exact) mass is 296 g/mol. The van der Waals surface area contributed by atoms with Crippen molar-refractivity contribution >= 4 is 11.7 Å². The maximum atomic E-state index is 12.2. The van der Waals surface area contributed by atoms with E-state index in [4.69, 9.17) is 0 Å². The highest BCUT2D eigenvalue weighted by Gasteiger charge is 2.12. The van der Waals surface area contributed by atoms with Crippen LogP contribution in [-0.2, 0) is 0 Å². The summed E-state index contributed by atoms with van der Waals surface area (Å²) in [4.78, 5) is 21.0. The van der Waals surface area contributed by atoms with Gasteiger partial charge in [-0.25, -0.2) is 9.97 Å². The zero-order valence-corrected chi connectivity index (χ0v) is 12.7. The highest BCUT2D eigenvalue weighted by Crippen LogP contribution is 2.17. The van der Waals surface area contributed by atoms with Gasteiger partial charge in [-0.15, -0.1) is 6.58 Å². The third kappa shape index (κ3) is 4.15. The predicted molar refractivity (Wildman–Crippen MR) is 88.8 cm³/mol. The molecule has 0 fully saturated rings. The number of carbonyl (C=O) groups is 1. The summed E-state index contributed by atoms with van der Waals surface area (Å²) in [6, 6.07) is 11.2. The molecule has 0 unspecified atom stereocenters. The Morgan fingerprint density at radius 2 is 2.05 bits per heavy atom. The molecule has 22 heavy (non-hydrogen) atoms. The zero-order chi connectivity index (χ0) is 15.8. The van der Waals surface area contributed by atoms with Crippen LogP contribution in [0.25, 0.3) is 11.4 Å². The van der Waals surface area contributed by atoms with Crippen molar-refractivity contribution in [2.45, 2.75) is 13.3 Å². The SMILES string of the molecule is C=CCNc1cc(C(=O)NCCC)nc(-c2ccccc2)n1. The Morgan fingerprint density at radius 1 is 1.27 bits per heavy atom. The van der Waals surface area contributed by atoms with Crippen molar-refractivity contribution in [2.24, 2.45) is 0 Å².